The number of aliphatic hydroxyl groups is 2. The first-order chi connectivity index (χ1) is 33.5. The van der Waals surface area contributed by atoms with Crippen molar-refractivity contribution in [3.05, 3.63) is 24.3 Å². The Morgan fingerprint density at radius 1 is 0.412 bits per heavy atom. The van der Waals surface area contributed by atoms with E-state index in [2.05, 4.69) is 43.5 Å². The molecule has 0 aromatic carbocycles. The summed E-state index contributed by atoms with van der Waals surface area (Å²) in [4.78, 5) is 24.5. The van der Waals surface area contributed by atoms with Crippen molar-refractivity contribution in [2.45, 2.75) is 347 Å². The van der Waals surface area contributed by atoms with Crippen molar-refractivity contribution < 1.29 is 24.5 Å². The fourth-order valence-corrected chi connectivity index (χ4v) is 9.55. The van der Waals surface area contributed by atoms with Crippen molar-refractivity contribution in [3.8, 4) is 0 Å². The van der Waals surface area contributed by atoms with Crippen LogP contribution in [-0.2, 0) is 14.3 Å². The summed E-state index contributed by atoms with van der Waals surface area (Å²) in [5.41, 5.74) is 0. The standard InChI is InChI=1S/C62H119NO5/c1-3-5-7-9-11-13-15-16-17-18-27-30-33-36-40-44-48-52-56-62(67)68-57-53-49-45-41-37-34-31-28-25-23-21-19-20-22-24-26-29-32-35-39-43-47-51-55-61(66)63-59(58-64)60(65)54-50-46-42-38-14-12-10-8-6-4-2/h19,21-22,24,59-60,64-65H,3-18,20,23,25-58H2,1-2H3,(H,63,66)/b21-19-,24-22-. The maximum atomic E-state index is 12.4. The third-order valence-corrected chi connectivity index (χ3v) is 14.3. The molecule has 0 aliphatic rings. The van der Waals surface area contributed by atoms with Crippen molar-refractivity contribution in [3.63, 3.8) is 0 Å². The van der Waals surface area contributed by atoms with E-state index in [0.717, 1.165) is 51.4 Å². The Kier molecular flexibility index (Phi) is 56.5. The lowest BCUT2D eigenvalue weighted by Crippen LogP contribution is -2.45. The minimum absolute atomic E-state index is 0.0116. The number of hydrogen-bond donors (Lipinski definition) is 3. The van der Waals surface area contributed by atoms with Crippen molar-refractivity contribution in [1.29, 1.82) is 0 Å². The number of rotatable bonds is 57. The highest BCUT2D eigenvalue weighted by molar-refractivity contribution is 5.76. The summed E-state index contributed by atoms with van der Waals surface area (Å²) in [5.74, 6) is -0.0348. The van der Waals surface area contributed by atoms with Crippen LogP contribution >= 0.6 is 0 Å². The Bertz CT molecular complexity index is 1060. The average molecular weight is 959 g/mol. The summed E-state index contributed by atoms with van der Waals surface area (Å²) in [6.45, 7) is 4.95. The normalized spacial score (nSPS) is 12.7. The molecule has 2 atom stereocenters. The second-order valence-corrected chi connectivity index (χ2v) is 21.0. The molecular weight excluding hydrogens is 839 g/mol. The van der Waals surface area contributed by atoms with Gasteiger partial charge in [0.1, 0.15) is 0 Å². The van der Waals surface area contributed by atoms with Crippen LogP contribution in [-0.4, -0.2) is 47.4 Å². The smallest absolute Gasteiger partial charge is 0.305 e. The molecule has 0 saturated heterocycles. The van der Waals surface area contributed by atoms with E-state index >= 15 is 0 Å². The number of unbranched alkanes of at least 4 members (excludes halogenated alkanes) is 42. The number of amides is 1. The van der Waals surface area contributed by atoms with E-state index in [-0.39, 0.29) is 18.5 Å². The number of carbonyl (C=O) groups is 2. The highest BCUT2D eigenvalue weighted by Crippen LogP contribution is 2.17. The Hall–Kier alpha value is -1.66. The number of carbonyl (C=O) groups excluding carboxylic acids is 2. The van der Waals surface area contributed by atoms with Gasteiger partial charge in [-0.2, -0.15) is 0 Å². The first kappa shape index (κ1) is 66.3. The van der Waals surface area contributed by atoms with Crippen LogP contribution < -0.4 is 5.32 Å². The zero-order valence-electron chi connectivity index (χ0n) is 45.9. The van der Waals surface area contributed by atoms with E-state index in [4.69, 9.17) is 4.74 Å². The maximum Gasteiger partial charge on any atom is 0.305 e. The van der Waals surface area contributed by atoms with Crippen LogP contribution in [0.4, 0.5) is 0 Å². The van der Waals surface area contributed by atoms with Crippen LogP contribution in [0.3, 0.4) is 0 Å². The minimum atomic E-state index is -0.669. The van der Waals surface area contributed by atoms with Crippen molar-refractivity contribution >= 4 is 11.9 Å². The van der Waals surface area contributed by atoms with E-state index in [1.807, 2.05) is 0 Å². The van der Waals surface area contributed by atoms with Gasteiger partial charge in [-0.25, -0.2) is 0 Å². The fourth-order valence-electron chi connectivity index (χ4n) is 9.55. The van der Waals surface area contributed by atoms with Crippen LogP contribution in [0, 0.1) is 0 Å². The third kappa shape index (κ3) is 53.7. The van der Waals surface area contributed by atoms with Gasteiger partial charge in [0.15, 0.2) is 0 Å². The summed E-state index contributed by atoms with van der Waals surface area (Å²) >= 11 is 0. The molecule has 68 heavy (non-hydrogen) atoms. The van der Waals surface area contributed by atoms with Gasteiger partial charge in [0, 0.05) is 12.8 Å². The van der Waals surface area contributed by atoms with E-state index in [9.17, 15) is 19.8 Å². The Balaban J connectivity index is 3.40. The largest absolute Gasteiger partial charge is 0.466 e. The van der Waals surface area contributed by atoms with Gasteiger partial charge in [-0.3, -0.25) is 9.59 Å². The second-order valence-electron chi connectivity index (χ2n) is 21.0. The molecular formula is C62H119NO5. The maximum absolute atomic E-state index is 12.4. The van der Waals surface area contributed by atoms with Gasteiger partial charge in [-0.05, 0) is 57.8 Å². The van der Waals surface area contributed by atoms with Crippen molar-refractivity contribution in [2.24, 2.45) is 0 Å². The summed E-state index contributed by atoms with van der Waals surface area (Å²) in [6.07, 6.45) is 70.5. The molecule has 0 bridgehead atoms. The van der Waals surface area contributed by atoms with Crippen LogP contribution in [0.25, 0.3) is 0 Å². The summed E-state index contributed by atoms with van der Waals surface area (Å²) < 4.78 is 5.49. The quantitative estimate of drug-likeness (QED) is 0.0321. The van der Waals surface area contributed by atoms with Crippen LogP contribution in [0.5, 0.6) is 0 Å². The zero-order valence-corrected chi connectivity index (χ0v) is 45.9. The van der Waals surface area contributed by atoms with Gasteiger partial charge >= 0.3 is 5.97 Å². The van der Waals surface area contributed by atoms with Gasteiger partial charge in [0.05, 0.1) is 25.4 Å². The minimum Gasteiger partial charge on any atom is -0.466 e. The van der Waals surface area contributed by atoms with Crippen molar-refractivity contribution in [2.75, 3.05) is 13.2 Å². The molecule has 0 radical (unpaired) electrons. The van der Waals surface area contributed by atoms with Gasteiger partial charge in [-0.15, -0.1) is 0 Å². The monoisotopic (exact) mass is 958 g/mol. The van der Waals surface area contributed by atoms with E-state index in [1.165, 1.54) is 250 Å². The molecule has 0 aliphatic heterocycles. The first-order valence-electron chi connectivity index (χ1n) is 30.6. The van der Waals surface area contributed by atoms with Gasteiger partial charge in [0.2, 0.25) is 5.91 Å². The molecule has 0 saturated carbocycles. The number of hydrogen-bond acceptors (Lipinski definition) is 5. The third-order valence-electron chi connectivity index (χ3n) is 14.3. The molecule has 0 aromatic heterocycles. The molecule has 0 spiro atoms. The Labute approximate surface area is 424 Å². The molecule has 0 aromatic rings. The number of aliphatic hydroxyl groups excluding tert-OH is 2. The SMILES string of the molecule is CCCCCCCCCCCCCCCCCCCCC(=O)OCCCCCCCCCCC/C=C\C/C=C\CCCCCCCCCC(=O)NC(CO)C(O)CCCCCCCCCCCC. The Morgan fingerprint density at radius 3 is 1.12 bits per heavy atom. The predicted molar refractivity (Wildman–Crippen MR) is 296 cm³/mol. The molecule has 402 valence electrons. The summed E-state index contributed by atoms with van der Waals surface area (Å²) in [7, 11) is 0. The first-order valence-corrected chi connectivity index (χ1v) is 30.6. The topological polar surface area (TPSA) is 95.9 Å². The highest BCUT2D eigenvalue weighted by atomic mass is 16.5. The molecule has 0 heterocycles. The van der Waals surface area contributed by atoms with Crippen LogP contribution in [0.15, 0.2) is 24.3 Å². The second kappa shape index (κ2) is 57.9. The van der Waals surface area contributed by atoms with Gasteiger partial charge in [-0.1, -0.05) is 289 Å². The molecule has 1 amide bonds. The van der Waals surface area contributed by atoms with Gasteiger partial charge in [0.25, 0.3) is 0 Å². The van der Waals surface area contributed by atoms with E-state index in [0.29, 0.717) is 25.9 Å². The number of esters is 1. The molecule has 3 N–H and O–H groups in total. The summed E-state index contributed by atoms with van der Waals surface area (Å²) in [6, 6.07) is -0.547. The lowest BCUT2D eigenvalue weighted by Gasteiger charge is -2.22. The molecule has 6 heteroatoms. The Morgan fingerprint density at radius 2 is 0.735 bits per heavy atom. The lowest BCUT2D eigenvalue weighted by molar-refractivity contribution is -0.143. The van der Waals surface area contributed by atoms with Gasteiger partial charge < -0.3 is 20.3 Å². The number of nitrogens with one attached hydrogen (secondary N) is 1. The zero-order chi connectivity index (χ0) is 49.3. The highest BCUT2D eigenvalue weighted by Gasteiger charge is 2.20. The van der Waals surface area contributed by atoms with Crippen LogP contribution in [0.2, 0.25) is 0 Å². The molecule has 0 rings (SSSR count). The summed E-state index contributed by atoms with van der Waals surface area (Å²) in [5, 5.41) is 23.1. The predicted octanol–water partition coefficient (Wildman–Crippen LogP) is 19.0. The van der Waals surface area contributed by atoms with E-state index < -0.39 is 12.1 Å². The molecule has 0 aliphatic carbocycles. The van der Waals surface area contributed by atoms with E-state index in [1.54, 1.807) is 0 Å². The molecule has 0 fully saturated rings. The number of ether oxygens (including phenoxy) is 1. The fraction of sp³-hybridized carbons (Fsp3) is 0.903. The molecule has 2 unspecified atom stereocenters. The lowest BCUT2D eigenvalue weighted by atomic mass is 10.0. The number of allylic oxidation sites excluding steroid dienone is 4. The van der Waals surface area contributed by atoms with Crippen LogP contribution in [0.1, 0.15) is 335 Å². The average Bonchev–Trinajstić information content (AvgIpc) is 3.34. The van der Waals surface area contributed by atoms with Crippen molar-refractivity contribution in [1.82, 2.24) is 5.32 Å². The molecule has 6 nitrogen and oxygen atoms in total.